The first-order valence-corrected chi connectivity index (χ1v) is 7.41. The maximum Gasteiger partial charge on any atom is 0.243 e. The van der Waals surface area contributed by atoms with Crippen molar-refractivity contribution in [2.24, 2.45) is 0 Å². The number of carbonyl (C=O) groups excluding carboxylic acids is 1. The number of amides is 1. The third-order valence-corrected chi connectivity index (χ3v) is 3.43. The number of rotatable bonds is 5. The second-order valence-electron chi connectivity index (χ2n) is 4.82. The van der Waals surface area contributed by atoms with E-state index in [1.54, 1.807) is 0 Å². The molecule has 0 aliphatic heterocycles. The van der Waals surface area contributed by atoms with Crippen molar-refractivity contribution < 1.29 is 4.79 Å². The Labute approximate surface area is 133 Å². The number of benzene rings is 2. The molecule has 110 valence electrons. The molecule has 0 saturated carbocycles. The Morgan fingerprint density at radius 1 is 1.14 bits per heavy atom. The normalized spacial score (nSPS) is 10.0. The van der Waals surface area contributed by atoms with E-state index in [0.29, 0.717) is 0 Å². The fraction of sp³-hybridized carbons (Fsp3) is 0.188. The van der Waals surface area contributed by atoms with Gasteiger partial charge in [-0.2, -0.15) is 0 Å². The highest BCUT2D eigenvalue weighted by Gasteiger charge is 2.06. The van der Waals surface area contributed by atoms with Crippen LogP contribution in [0, 0.1) is 0 Å². The largest absolute Gasteiger partial charge is 0.376 e. The second-order valence-corrected chi connectivity index (χ2v) is 5.74. The Morgan fingerprint density at radius 2 is 1.90 bits per heavy atom. The van der Waals surface area contributed by atoms with Gasteiger partial charge in [0.1, 0.15) is 0 Å². The summed E-state index contributed by atoms with van der Waals surface area (Å²) in [5, 5.41) is 6.02. The zero-order valence-electron chi connectivity index (χ0n) is 12.1. The molecular weight excluding hydrogens is 330 g/mol. The van der Waals surface area contributed by atoms with Gasteiger partial charge in [0.05, 0.1) is 17.9 Å². The molecule has 0 spiro atoms. The lowest BCUT2D eigenvalue weighted by Crippen LogP contribution is -2.22. The molecule has 0 aliphatic carbocycles. The molecule has 2 N–H and O–H groups in total. The van der Waals surface area contributed by atoms with Crippen LogP contribution < -0.4 is 15.5 Å². The van der Waals surface area contributed by atoms with Crippen LogP contribution in [0.1, 0.15) is 0 Å². The van der Waals surface area contributed by atoms with Crippen LogP contribution in [0.3, 0.4) is 0 Å². The Bertz CT molecular complexity index is 628. The van der Waals surface area contributed by atoms with Crippen molar-refractivity contribution in [1.82, 2.24) is 0 Å². The molecule has 0 heterocycles. The van der Waals surface area contributed by atoms with Crippen molar-refractivity contribution in [3.63, 3.8) is 0 Å². The topological polar surface area (TPSA) is 44.4 Å². The quantitative estimate of drug-likeness (QED) is 0.868. The SMILES string of the molecule is CN(C)c1ccccc1NCC(=O)Nc1cccc(Br)c1. The fourth-order valence-electron chi connectivity index (χ4n) is 1.96. The summed E-state index contributed by atoms with van der Waals surface area (Å²) >= 11 is 3.38. The van der Waals surface area contributed by atoms with E-state index < -0.39 is 0 Å². The molecule has 0 aromatic heterocycles. The van der Waals surface area contributed by atoms with Gasteiger partial charge in [-0.25, -0.2) is 0 Å². The Morgan fingerprint density at radius 3 is 2.62 bits per heavy atom. The second kappa shape index (κ2) is 7.13. The maximum atomic E-state index is 12.0. The zero-order valence-corrected chi connectivity index (χ0v) is 13.6. The molecule has 21 heavy (non-hydrogen) atoms. The summed E-state index contributed by atoms with van der Waals surface area (Å²) in [4.78, 5) is 14.0. The van der Waals surface area contributed by atoms with Gasteiger partial charge in [0.15, 0.2) is 0 Å². The van der Waals surface area contributed by atoms with E-state index in [1.165, 1.54) is 0 Å². The van der Waals surface area contributed by atoms with E-state index in [1.807, 2.05) is 67.5 Å². The van der Waals surface area contributed by atoms with Crippen LogP contribution in [0.5, 0.6) is 0 Å². The third kappa shape index (κ3) is 4.49. The molecular formula is C16H18BrN3O. The summed E-state index contributed by atoms with van der Waals surface area (Å²) in [5.41, 5.74) is 2.76. The van der Waals surface area contributed by atoms with Gasteiger partial charge in [0.25, 0.3) is 0 Å². The van der Waals surface area contributed by atoms with Crippen molar-refractivity contribution in [1.29, 1.82) is 0 Å². The zero-order chi connectivity index (χ0) is 15.2. The highest BCUT2D eigenvalue weighted by atomic mass is 79.9. The van der Waals surface area contributed by atoms with Gasteiger partial charge >= 0.3 is 0 Å². The van der Waals surface area contributed by atoms with Crippen molar-refractivity contribution >= 4 is 38.9 Å². The van der Waals surface area contributed by atoms with E-state index in [2.05, 4.69) is 26.6 Å². The number of nitrogens with zero attached hydrogens (tertiary/aromatic N) is 1. The maximum absolute atomic E-state index is 12.0. The van der Waals surface area contributed by atoms with Gasteiger partial charge in [0, 0.05) is 24.3 Å². The van der Waals surface area contributed by atoms with Gasteiger partial charge in [-0.05, 0) is 30.3 Å². The molecule has 1 amide bonds. The number of halogens is 1. The van der Waals surface area contributed by atoms with Crippen molar-refractivity contribution in [2.75, 3.05) is 36.2 Å². The molecule has 2 rings (SSSR count). The van der Waals surface area contributed by atoms with E-state index in [9.17, 15) is 4.79 Å². The molecule has 0 saturated heterocycles. The third-order valence-electron chi connectivity index (χ3n) is 2.93. The lowest BCUT2D eigenvalue weighted by molar-refractivity contribution is -0.114. The fourth-order valence-corrected chi connectivity index (χ4v) is 2.36. The van der Waals surface area contributed by atoms with Crippen molar-refractivity contribution in [2.45, 2.75) is 0 Å². The van der Waals surface area contributed by atoms with Gasteiger partial charge in [0.2, 0.25) is 5.91 Å². The van der Waals surface area contributed by atoms with Crippen LogP contribution in [-0.4, -0.2) is 26.5 Å². The molecule has 2 aromatic rings. The van der Waals surface area contributed by atoms with E-state index >= 15 is 0 Å². The first-order chi connectivity index (χ1) is 10.1. The van der Waals surface area contributed by atoms with Gasteiger partial charge < -0.3 is 15.5 Å². The van der Waals surface area contributed by atoms with Crippen LogP contribution >= 0.6 is 15.9 Å². The number of hydrogen-bond acceptors (Lipinski definition) is 3. The van der Waals surface area contributed by atoms with E-state index in [0.717, 1.165) is 21.5 Å². The number of para-hydroxylation sites is 2. The number of nitrogens with one attached hydrogen (secondary N) is 2. The first-order valence-electron chi connectivity index (χ1n) is 6.62. The summed E-state index contributed by atoms with van der Waals surface area (Å²) < 4.78 is 0.936. The summed E-state index contributed by atoms with van der Waals surface area (Å²) in [7, 11) is 3.95. The van der Waals surface area contributed by atoms with Crippen LogP contribution in [-0.2, 0) is 4.79 Å². The molecule has 0 bridgehead atoms. The van der Waals surface area contributed by atoms with Crippen LogP contribution in [0.25, 0.3) is 0 Å². The molecule has 4 nitrogen and oxygen atoms in total. The van der Waals surface area contributed by atoms with Crippen LogP contribution in [0.4, 0.5) is 17.1 Å². The van der Waals surface area contributed by atoms with Crippen molar-refractivity contribution in [3.05, 3.63) is 53.0 Å². The minimum absolute atomic E-state index is 0.0818. The molecule has 2 aromatic carbocycles. The van der Waals surface area contributed by atoms with Crippen molar-refractivity contribution in [3.8, 4) is 0 Å². The number of anilines is 3. The molecule has 0 aliphatic rings. The average molecular weight is 348 g/mol. The van der Waals surface area contributed by atoms with Gasteiger partial charge in [-0.3, -0.25) is 4.79 Å². The first kappa shape index (κ1) is 15.4. The minimum Gasteiger partial charge on any atom is -0.376 e. The molecule has 0 radical (unpaired) electrons. The van der Waals surface area contributed by atoms with Crippen LogP contribution in [0.15, 0.2) is 53.0 Å². The summed E-state index contributed by atoms with van der Waals surface area (Å²) in [5.74, 6) is -0.0818. The summed E-state index contributed by atoms with van der Waals surface area (Å²) in [6, 6.07) is 15.4. The van der Waals surface area contributed by atoms with Gasteiger partial charge in [-0.15, -0.1) is 0 Å². The predicted molar refractivity (Wildman–Crippen MR) is 92.0 cm³/mol. The Hall–Kier alpha value is -2.01. The average Bonchev–Trinajstić information content (AvgIpc) is 2.45. The molecule has 0 unspecified atom stereocenters. The smallest absolute Gasteiger partial charge is 0.243 e. The molecule has 5 heteroatoms. The van der Waals surface area contributed by atoms with E-state index in [-0.39, 0.29) is 12.5 Å². The monoisotopic (exact) mass is 347 g/mol. The Kier molecular flexibility index (Phi) is 5.22. The van der Waals surface area contributed by atoms with Gasteiger partial charge in [-0.1, -0.05) is 34.1 Å². The highest BCUT2D eigenvalue weighted by Crippen LogP contribution is 2.23. The number of carbonyl (C=O) groups is 1. The number of hydrogen-bond donors (Lipinski definition) is 2. The minimum atomic E-state index is -0.0818. The predicted octanol–water partition coefficient (Wildman–Crippen LogP) is 3.57. The lowest BCUT2D eigenvalue weighted by atomic mass is 10.2. The van der Waals surface area contributed by atoms with Crippen LogP contribution in [0.2, 0.25) is 0 Å². The summed E-state index contributed by atoms with van der Waals surface area (Å²) in [6.07, 6.45) is 0. The van der Waals surface area contributed by atoms with E-state index in [4.69, 9.17) is 0 Å². The standard InChI is InChI=1S/C16H18BrN3O/c1-20(2)15-9-4-3-8-14(15)18-11-16(21)19-13-7-5-6-12(17)10-13/h3-10,18H,11H2,1-2H3,(H,19,21). The Balaban J connectivity index is 1.95. The highest BCUT2D eigenvalue weighted by molar-refractivity contribution is 9.10. The molecule has 0 atom stereocenters. The molecule has 0 fully saturated rings. The lowest BCUT2D eigenvalue weighted by Gasteiger charge is -2.18. The summed E-state index contributed by atoms with van der Waals surface area (Å²) in [6.45, 7) is 0.220.